The van der Waals surface area contributed by atoms with Crippen molar-refractivity contribution < 1.29 is 72.6 Å². The lowest BCUT2D eigenvalue weighted by atomic mass is 9.44. The molecule has 0 unspecified atom stereocenters. The average molecular weight is 800 g/mol. The number of ketones is 2. The highest BCUT2D eigenvalue weighted by Crippen LogP contribution is 2.70. The first-order valence-corrected chi connectivity index (χ1v) is 18.7. The van der Waals surface area contributed by atoms with Crippen LogP contribution in [0.1, 0.15) is 85.0 Å². The molecule has 3 N–H and O–H groups in total. The number of ether oxygens (including phenoxy) is 3. The van der Waals surface area contributed by atoms with Crippen LogP contribution in [-0.4, -0.2) is 106 Å². The zero-order chi connectivity index (χ0) is 41.5. The fourth-order valence-corrected chi connectivity index (χ4v) is 9.30. The largest absolute Gasteiger partial charge is 0.464 e. The predicted molar refractivity (Wildman–Crippen MR) is 187 cm³/mol. The summed E-state index contributed by atoms with van der Waals surface area (Å²) < 4.78 is 32.9. The van der Waals surface area contributed by atoms with Crippen LogP contribution in [-0.2, 0) is 43.1 Å². The Morgan fingerprint density at radius 3 is 2.23 bits per heavy atom. The minimum atomic E-state index is -2.19. The Kier molecular flexibility index (Phi) is 14.2. The minimum Gasteiger partial charge on any atom is -0.464 e. The summed E-state index contributed by atoms with van der Waals surface area (Å²) >= 11 is 0. The van der Waals surface area contributed by atoms with Crippen LogP contribution >= 0.6 is 0 Å². The van der Waals surface area contributed by atoms with Gasteiger partial charge < -0.3 is 39.4 Å². The van der Waals surface area contributed by atoms with Crippen molar-refractivity contribution in [1.82, 2.24) is 5.32 Å². The van der Waals surface area contributed by atoms with Crippen molar-refractivity contribution in [3.63, 3.8) is 0 Å². The van der Waals surface area contributed by atoms with E-state index in [9.17, 15) is 54.4 Å². The van der Waals surface area contributed by atoms with Crippen molar-refractivity contribution in [1.29, 1.82) is 0 Å². The van der Waals surface area contributed by atoms with E-state index in [1.165, 1.54) is 18.2 Å². The van der Waals surface area contributed by atoms with E-state index in [4.69, 9.17) is 14.2 Å². The highest BCUT2D eigenvalue weighted by molar-refractivity contribution is 6.01. The van der Waals surface area contributed by atoms with Gasteiger partial charge in [-0.3, -0.25) is 14.4 Å². The number of aliphatic hydroxyl groups is 2. The number of allylic oxidation sites excluding steroid dienone is 4. The van der Waals surface area contributed by atoms with Crippen molar-refractivity contribution in [3.8, 4) is 0 Å². The summed E-state index contributed by atoms with van der Waals surface area (Å²) in [6, 6.07) is -1.66. The van der Waals surface area contributed by atoms with E-state index in [0.717, 1.165) is 0 Å². The van der Waals surface area contributed by atoms with Gasteiger partial charge >= 0.3 is 18.0 Å². The number of hydrogen-bond acceptors (Lipinski definition) is 16. The number of Topliss-reactive ketones (excluding diaryl/α,β-unsaturated/α-hetero) is 1. The number of rotatable bonds is 20. The highest BCUT2D eigenvalue weighted by atomic mass is 19.1. The number of halogens is 1. The van der Waals surface area contributed by atoms with E-state index in [0.29, 0.717) is 31.3 Å². The van der Waals surface area contributed by atoms with Gasteiger partial charge in [-0.25, -0.2) is 14.0 Å². The van der Waals surface area contributed by atoms with Crippen LogP contribution in [0.25, 0.3) is 0 Å². The Bertz CT molecular complexity index is 1610. The lowest BCUT2D eigenvalue weighted by molar-refractivity contribution is -0.757. The maximum Gasteiger partial charge on any atom is 0.407 e. The third-order valence-electron chi connectivity index (χ3n) is 12.2. The second kappa shape index (κ2) is 18.0. The molecule has 4 rings (SSSR count). The number of fused-ring (bicyclic) bond motifs is 5. The number of aliphatic hydroxyl groups excluding tert-OH is 1. The molecule has 0 aromatic heterocycles. The van der Waals surface area contributed by atoms with Gasteiger partial charge in [0.2, 0.25) is 5.78 Å². The van der Waals surface area contributed by atoms with E-state index in [1.54, 1.807) is 20.8 Å². The molecule has 4 aliphatic carbocycles. The number of amides is 1. The number of esters is 2. The normalized spacial score (nSPS) is 32.0. The summed E-state index contributed by atoms with van der Waals surface area (Å²) in [6.07, 6.45) is 2.56. The zero-order valence-corrected chi connectivity index (χ0v) is 31.6. The number of carbonyl (C=O) groups is 5. The fourth-order valence-electron chi connectivity index (χ4n) is 9.30. The van der Waals surface area contributed by atoms with Crippen LogP contribution in [0.4, 0.5) is 9.18 Å². The van der Waals surface area contributed by atoms with Crippen LogP contribution in [0.5, 0.6) is 0 Å². The Morgan fingerprint density at radius 1 is 0.964 bits per heavy atom. The number of carbonyl (C=O) groups excluding carboxylic acids is 5. The molecule has 3 fully saturated rings. The molecular weight excluding hydrogens is 749 g/mol. The first-order chi connectivity index (χ1) is 26.3. The van der Waals surface area contributed by atoms with E-state index in [2.05, 4.69) is 15.0 Å². The number of unbranched alkanes of at least 4 members (excludes halogenated alkanes) is 3. The van der Waals surface area contributed by atoms with Crippen LogP contribution < -0.4 is 5.32 Å². The molecule has 0 aliphatic heterocycles. The summed E-state index contributed by atoms with van der Waals surface area (Å²) in [5.74, 6) is -5.44. The van der Waals surface area contributed by atoms with Gasteiger partial charge in [-0.05, 0) is 88.7 Å². The maximum absolute atomic E-state index is 17.5. The molecular formula is C36H50FN3O16. The monoisotopic (exact) mass is 799 g/mol. The first-order valence-electron chi connectivity index (χ1n) is 18.7. The molecule has 19 nitrogen and oxygen atoms in total. The van der Waals surface area contributed by atoms with Crippen molar-refractivity contribution in [2.24, 2.45) is 28.6 Å². The van der Waals surface area contributed by atoms with Crippen LogP contribution in [0.3, 0.4) is 0 Å². The Balaban J connectivity index is 1.39. The minimum absolute atomic E-state index is 0.138. The van der Waals surface area contributed by atoms with Crippen LogP contribution in [0.15, 0.2) is 23.8 Å². The van der Waals surface area contributed by atoms with Crippen LogP contribution in [0, 0.1) is 48.8 Å². The molecule has 56 heavy (non-hydrogen) atoms. The maximum atomic E-state index is 17.5. The third kappa shape index (κ3) is 8.95. The second-order valence-corrected chi connectivity index (χ2v) is 15.3. The lowest BCUT2D eigenvalue weighted by Gasteiger charge is -2.62. The number of hydrogen-bond donors (Lipinski definition) is 3. The molecule has 3 saturated carbocycles. The van der Waals surface area contributed by atoms with Gasteiger partial charge in [0.1, 0.15) is 11.6 Å². The first kappa shape index (κ1) is 44.0. The molecule has 9 atom stereocenters. The van der Waals surface area contributed by atoms with Gasteiger partial charge in [-0.2, -0.15) is 0 Å². The summed E-state index contributed by atoms with van der Waals surface area (Å²) in [5, 5.41) is 44.6. The molecule has 0 saturated heterocycles. The third-order valence-corrected chi connectivity index (χ3v) is 12.2. The van der Waals surface area contributed by atoms with Gasteiger partial charge in [-0.1, -0.05) is 25.5 Å². The van der Waals surface area contributed by atoms with Crippen molar-refractivity contribution >= 4 is 29.6 Å². The Labute approximate surface area is 321 Å². The van der Waals surface area contributed by atoms with E-state index < -0.39 is 99.0 Å². The summed E-state index contributed by atoms with van der Waals surface area (Å²) in [4.78, 5) is 93.4. The molecule has 0 heterocycles. The number of alkyl halides is 1. The quantitative estimate of drug-likeness (QED) is 0.0525. The molecule has 20 heteroatoms. The number of nitrogens with zero attached hydrogens (tertiary/aromatic N) is 2. The molecule has 4 aliphatic rings. The smallest absolute Gasteiger partial charge is 0.407 e. The van der Waals surface area contributed by atoms with Crippen molar-refractivity contribution in [2.45, 2.75) is 108 Å². The van der Waals surface area contributed by atoms with Gasteiger partial charge in [0, 0.05) is 16.7 Å². The number of nitrogens with one attached hydrogen (secondary N) is 1. The summed E-state index contributed by atoms with van der Waals surface area (Å²) in [5.41, 5.74) is -6.35. The second-order valence-electron chi connectivity index (χ2n) is 15.3. The summed E-state index contributed by atoms with van der Waals surface area (Å²) in [6.45, 7) is 3.17. The van der Waals surface area contributed by atoms with E-state index in [1.807, 2.05) is 0 Å². The molecule has 312 valence electrons. The zero-order valence-electron chi connectivity index (χ0n) is 31.6. The van der Waals surface area contributed by atoms with Gasteiger partial charge in [0.25, 0.3) is 10.2 Å². The van der Waals surface area contributed by atoms with Gasteiger partial charge in [-0.15, -0.1) is 20.2 Å². The SMILES string of the molecule is C[C@H]1C[C@H]2[C@@H]3CCC4=CC(=O)C=C[C@]4(C)[C@@]3(F)[C@@H](O)C[C@]2(C)[C@@]1(O)C(=O)COC(=O)C[C@H](NC(=O)OCCCCCO[N+](=O)[O-])C(=O)OCCCCO[N+](=O)[O-]. The molecule has 1 amide bonds. The van der Waals surface area contributed by atoms with Crippen molar-refractivity contribution in [3.05, 3.63) is 44.0 Å². The lowest BCUT2D eigenvalue weighted by Crippen LogP contribution is -2.69. The van der Waals surface area contributed by atoms with Gasteiger partial charge in [0.15, 0.2) is 18.1 Å². The predicted octanol–water partition coefficient (Wildman–Crippen LogP) is 2.84. The van der Waals surface area contributed by atoms with E-state index in [-0.39, 0.29) is 64.3 Å². The fraction of sp³-hybridized carbons (Fsp3) is 0.750. The Hall–Kier alpha value is -4.72. The summed E-state index contributed by atoms with van der Waals surface area (Å²) in [7, 11) is 0. The average Bonchev–Trinajstić information content (AvgIpc) is 3.33. The van der Waals surface area contributed by atoms with Crippen LogP contribution in [0.2, 0.25) is 0 Å². The topological polar surface area (TPSA) is 270 Å². The standard InChI is InChI=1S/C36H50FN3O16/c1-22-17-26-25-10-9-23-18-24(41)11-12-33(23,2)35(25,37)28(42)20-34(26,3)36(22,47)29(43)21-54-30(44)19-27(31(45)52-13-7-8-16-56-40(50)51)38-32(46)53-14-5-4-6-15-55-39(48)49/h11-12,18,22,25-28,42,47H,4-10,13-17,19-21H2,1-3H3,(H,38,46)/t22-,25-,26-,27-,28-,33-,34-,35-,36-/m0/s1. The van der Waals surface area contributed by atoms with Crippen molar-refractivity contribution in [2.75, 3.05) is 33.0 Å². The highest BCUT2D eigenvalue weighted by Gasteiger charge is 2.75. The van der Waals surface area contributed by atoms with Gasteiger partial charge in [0.05, 0.1) is 39.0 Å². The van der Waals surface area contributed by atoms with E-state index >= 15 is 4.39 Å². The molecule has 0 aromatic carbocycles. The molecule has 0 radical (unpaired) electrons. The number of alkyl carbamates (subject to hydrolysis) is 1. The molecule has 0 bridgehead atoms. The Morgan fingerprint density at radius 2 is 1.57 bits per heavy atom. The molecule has 0 spiro atoms. The molecule has 0 aromatic rings.